The summed E-state index contributed by atoms with van der Waals surface area (Å²) in [5, 5.41) is -1.04. The van der Waals surface area contributed by atoms with Gasteiger partial charge in [-0.05, 0) is 18.1 Å². The summed E-state index contributed by atoms with van der Waals surface area (Å²) in [5.74, 6) is -0.787. The Balaban J connectivity index is 2.55. The van der Waals surface area contributed by atoms with Gasteiger partial charge in [0.15, 0.2) is 0 Å². The molecule has 2 rings (SSSR count). The monoisotopic (exact) mass is 278 g/mol. The van der Waals surface area contributed by atoms with Gasteiger partial charge in [0.05, 0.1) is 18.1 Å². The summed E-state index contributed by atoms with van der Waals surface area (Å²) < 4.78 is 43.9. The van der Waals surface area contributed by atoms with E-state index in [1.807, 2.05) is 0 Å². The van der Waals surface area contributed by atoms with Crippen LogP contribution in [-0.4, -0.2) is 24.6 Å². The predicted molar refractivity (Wildman–Crippen MR) is 59.8 cm³/mol. The van der Waals surface area contributed by atoms with E-state index >= 15 is 0 Å². The molecule has 0 saturated heterocycles. The average Bonchev–Trinajstić information content (AvgIpc) is 3.01. The van der Waals surface area contributed by atoms with E-state index in [4.69, 9.17) is 11.6 Å². The molecular weight excluding hydrogens is 269 g/mol. The molecule has 1 aromatic rings. The fourth-order valence-corrected chi connectivity index (χ4v) is 2.59. The molecular formula is C12H10ClF3O2. The minimum Gasteiger partial charge on any atom is -0.465 e. The van der Waals surface area contributed by atoms with Gasteiger partial charge in [-0.1, -0.05) is 18.2 Å². The summed E-state index contributed by atoms with van der Waals surface area (Å²) in [6.07, 6.45) is -4.70. The molecule has 0 heterocycles. The van der Waals surface area contributed by atoms with Crippen molar-refractivity contribution in [1.82, 2.24) is 0 Å². The highest BCUT2D eigenvalue weighted by atomic mass is 35.5. The van der Waals surface area contributed by atoms with Gasteiger partial charge in [0, 0.05) is 0 Å². The second kappa shape index (κ2) is 4.16. The lowest BCUT2D eigenvalue weighted by atomic mass is 9.90. The van der Waals surface area contributed by atoms with Crippen molar-refractivity contribution in [3.63, 3.8) is 0 Å². The van der Waals surface area contributed by atoms with Gasteiger partial charge in [-0.25, -0.2) is 4.79 Å². The Kier molecular flexibility index (Phi) is 3.05. The molecule has 1 fully saturated rings. The van der Waals surface area contributed by atoms with Crippen molar-refractivity contribution in [3.05, 3.63) is 35.4 Å². The van der Waals surface area contributed by atoms with Crippen LogP contribution >= 0.6 is 11.6 Å². The lowest BCUT2D eigenvalue weighted by molar-refractivity contribution is -0.160. The van der Waals surface area contributed by atoms with Crippen molar-refractivity contribution in [1.29, 1.82) is 0 Å². The number of esters is 1. The Morgan fingerprint density at radius 3 is 2.44 bits per heavy atom. The van der Waals surface area contributed by atoms with E-state index in [1.165, 1.54) is 24.3 Å². The van der Waals surface area contributed by atoms with Crippen LogP contribution in [0, 0.1) is 0 Å². The number of rotatable bonds is 2. The topological polar surface area (TPSA) is 26.3 Å². The molecule has 1 aromatic carbocycles. The summed E-state index contributed by atoms with van der Waals surface area (Å²) >= 11 is 5.68. The maximum atomic E-state index is 13.1. The first kappa shape index (κ1) is 13.2. The smallest absolute Gasteiger partial charge is 0.399 e. The molecule has 0 radical (unpaired) electrons. The van der Waals surface area contributed by atoms with Gasteiger partial charge in [0.1, 0.15) is 5.41 Å². The van der Waals surface area contributed by atoms with Gasteiger partial charge in [-0.2, -0.15) is 13.2 Å². The third-order valence-corrected chi connectivity index (χ3v) is 3.72. The van der Waals surface area contributed by atoms with Gasteiger partial charge < -0.3 is 4.74 Å². The lowest BCUT2D eigenvalue weighted by Crippen LogP contribution is -2.33. The minimum absolute atomic E-state index is 0.0829. The third-order valence-electron chi connectivity index (χ3n) is 3.19. The van der Waals surface area contributed by atoms with Crippen LogP contribution in [0.25, 0.3) is 0 Å². The van der Waals surface area contributed by atoms with Crippen molar-refractivity contribution < 1.29 is 22.7 Å². The Bertz CT molecular complexity index is 486. The number of methoxy groups -OCH3 is 1. The first-order chi connectivity index (χ1) is 8.34. The zero-order chi connectivity index (χ0) is 13.6. The molecule has 1 aliphatic carbocycles. The molecule has 0 bridgehead atoms. The van der Waals surface area contributed by atoms with Gasteiger partial charge >= 0.3 is 12.1 Å². The van der Waals surface area contributed by atoms with Crippen molar-refractivity contribution in [2.24, 2.45) is 0 Å². The van der Waals surface area contributed by atoms with E-state index in [0.29, 0.717) is 0 Å². The number of hydrogen-bond donors (Lipinski definition) is 0. The van der Waals surface area contributed by atoms with Crippen LogP contribution in [0.4, 0.5) is 13.2 Å². The molecule has 18 heavy (non-hydrogen) atoms. The zero-order valence-corrected chi connectivity index (χ0v) is 10.2. The second-order valence-corrected chi connectivity index (χ2v) is 4.70. The number of alkyl halides is 4. The van der Waals surface area contributed by atoms with E-state index in [1.54, 1.807) is 0 Å². The predicted octanol–water partition coefficient (Wildman–Crippen LogP) is 3.28. The average molecular weight is 279 g/mol. The number of carbonyl (C=O) groups excluding carboxylic acids is 1. The Hall–Kier alpha value is -1.23. The Morgan fingerprint density at radius 1 is 1.44 bits per heavy atom. The molecule has 0 N–H and O–H groups in total. The number of carbonyl (C=O) groups is 1. The summed E-state index contributed by atoms with van der Waals surface area (Å²) in [6.45, 7) is 0. The SMILES string of the molecule is COC(=O)c1ccccc1C1(C(F)(F)F)CC1Cl. The molecule has 0 aromatic heterocycles. The van der Waals surface area contributed by atoms with Crippen LogP contribution < -0.4 is 0 Å². The van der Waals surface area contributed by atoms with Gasteiger partial charge in [-0.15, -0.1) is 11.6 Å². The first-order valence-electron chi connectivity index (χ1n) is 5.23. The molecule has 6 heteroatoms. The van der Waals surface area contributed by atoms with Crippen molar-refractivity contribution in [2.75, 3.05) is 7.11 Å². The van der Waals surface area contributed by atoms with Gasteiger partial charge in [0.25, 0.3) is 0 Å². The van der Waals surface area contributed by atoms with Crippen LogP contribution in [-0.2, 0) is 10.2 Å². The van der Waals surface area contributed by atoms with Crippen molar-refractivity contribution >= 4 is 17.6 Å². The number of ether oxygens (including phenoxy) is 1. The summed E-state index contributed by atoms with van der Waals surface area (Å²) in [7, 11) is 1.13. The van der Waals surface area contributed by atoms with Crippen molar-refractivity contribution in [2.45, 2.75) is 23.4 Å². The fourth-order valence-electron chi connectivity index (χ4n) is 2.11. The first-order valence-corrected chi connectivity index (χ1v) is 5.67. The molecule has 2 atom stereocenters. The summed E-state index contributed by atoms with van der Waals surface area (Å²) in [5.41, 5.74) is -2.32. The number of benzene rings is 1. The molecule has 0 amide bonds. The van der Waals surface area contributed by atoms with Gasteiger partial charge in [0.2, 0.25) is 0 Å². The van der Waals surface area contributed by atoms with E-state index in [0.717, 1.165) is 7.11 Å². The number of halogens is 4. The molecule has 98 valence electrons. The van der Waals surface area contributed by atoms with Gasteiger partial charge in [-0.3, -0.25) is 0 Å². The molecule has 2 nitrogen and oxygen atoms in total. The maximum Gasteiger partial charge on any atom is 0.399 e. The molecule has 2 unspecified atom stereocenters. The quantitative estimate of drug-likeness (QED) is 0.613. The summed E-state index contributed by atoms with van der Waals surface area (Å²) in [4.78, 5) is 11.5. The zero-order valence-electron chi connectivity index (χ0n) is 9.42. The van der Waals surface area contributed by atoms with Crippen LogP contribution in [0.2, 0.25) is 0 Å². The molecule has 1 saturated carbocycles. The van der Waals surface area contributed by atoms with Crippen LogP contribution in [0.3, 0.4) is 0 Å². The normalized spacial score (nSPS) is 26.8. The standard InChI is InChI=1S/C12H10ClF3O2/c1-18-10(17)7-4-2-3-5-8(7)11(6-9(11)13)12(14,15)16/h2-5,9H,6H2,1H3. The fraction of sp³-hybridized carbons (Fsp3) is 0.417. The third kappa shape index (κ3) is 1.77. The van der Waals surface area contributed by atoms with E-state index in [9.17, 15) is 18.0 Å². The van der Waals surface area contributed by atoms with Crippen LogP contribution in [0.15, 0.2) is 24.3 Å². The van der Waals surface area contributed by atoms with E-state index in [2.05, 4.69) is 4.74 Å². The maximum absolute atomic E-state index is 13.1. The Labute approximate surface area is 107 Å². The molecule has 1 aliphatic rings. The highest BCUT2D eigenvalue weighted by Crippen LogP contribution is 2.62. The number of hydrogen-bond acceptors (Lipinski definition) is 2. The largest absolute Gasteiger partial charge is 0.465 e. The Morgan fingerprint density at radius 2 is 2.00 bits per heavy atom. The van der Waals surface area contributed by atoms with E-state index in [-0.39, 0.29) is 17.5 Å². The molecule has 0 aliphatic heterocycles. The lowest BCUT2D eigenvalue weighted by Gasteiger charge is -2.22. The minimum atomic E-state index is -4.48. The summed E-state index contributed by atoms with van der Waals surface area (Å²) in [6, 6.07) is 5.54. The van der Waals surface area contributed by atoms with Crippen LogP contribution in [0.5, 0.6) is 0 Å². The molecule has 0 spiro atoms. The second-order valence-electron chi connectivity index (χ2n) is 4.18. The van der Waals surface area contributed by atoms with Crippen LogP contribution in [0.1, 0.15) is 22.3 Å². The van der Waals surface area contributed by atoms with E-state index < -0.39 is 22.9 Å². The highest BCUT2D eigenvalue weighted by Gasteiger charge is 2.72. The highest BCUT2D eigenvalue weighted by molar-refractivity contribution is 6.24. The van der Waals surface area contributed by atoms with Crippen molar-refractivity contribution in [3.8, 4) is 0 Å².